The van der Waals surface area contributed by atoms with Crippen molar-refractivity contribution in [3.8, 4) is 17.1 Å². The SMILES string of the molecule is O=C1CSC(c2cccc([NH+]([O-])O)c2)N1c1ccc(-n2c(-c3ccccc3)nc3ccccc3c2=O)cc1. The molecule has 0 spiro atoms. The summed E-state index contributed by atoms with van der Waals surface area (Å²) >= 11 is 1.45. The minimum atomic E-state index is -1.01. The van der Waals surface area contributed by atoms with E-state index < -0.39 is 5.23 Å². The van der Waals surface area contributed by atoms with Gasteiger partial charge in [0.25, 0.3) is 5.56 Å². The maximum atomic E-state index is 13.6. The van der Waals surface area contributed by atoms with E-state index in [1.807, 2.05) is 66.7 Å². The number of para-hydroxylation sites is 1. The Balaban J connectivity index is 1.43. The topological polar surface area (TPSA) is 103 Å². The minimum absolute atomic E-state index is 0.0667. The highest BCUT2D eigenvalue weighted by Crippen LogP contribution is 2.42. The van der Waals surface area contributed by atoms with Crippen LogP contribution in [-0.2, 0) is 4.79 Å². The van der Waals surface area contributed by atoms with Gasteiger partial charge in [0.05, 0.1) is 22.3 Å². The molecule has 38 heavy (non-hydrogen) atoms. The van der Waals surface area contributed by atoms with Crippen molar-refractivity contribution < 1.29 is 15.2 Å². The molecular weight excluding hydrogens is 500 g/mol. The molecule has 2 atom stereocenters. The third kappa shape index (κ3) is 4.27. The second kappa shape index (κ2) is 9.88. The molecule has 2 N–H and O–H groups in total. The van der Waals surface area contributed by atoms with Gasteiger partial charge in [0.1, 0.15) is 11.2 Å². The smallest absolute Gasteiger partial charge is 0.266 e. The summed E-state index contributed by atoms with van der Waals surface area (Å²) in [4.78, 5) is 33.0. The van der Waals surface area contributed by atoms with Gasteiger partial charge in [-0.3, -0.25) is 19.1 Å². The number of thioether (sulfide) groups is 1. The lowest BCUT2D eigenvalue weighted by atomic mass is 10.1. The molecule has 4 aromatic carbocycles. The van der Waals surface area contributed by atoms with E-state index in [1.165, 1.54) is 17.8 Å². The number of benzene rings is 4. The number of fused-ring (bicyclic) bond motifs is 1. The van der Waals surface area contributed by atoms with Gasteiger partial charge in [0, 0.05) is 23.4 Å². The van der Waals surface area contributed by atoms with Gasteiger partial charge in [-0.2, -0.15) is 5.23 Å². The van der Waals surface area contributed by atoms with Crippen LogP contribution in [-0.4, -0.2) is 26.4 Å². The van der Waals surface area contributed by atoms with E-state index in [9.17, 15) is 20.0 Å². The molecule has 1 aromatic heterocycles. The molecule has 6 rings (SSSR count). The Morgan fingerprint density at radius 1 is 0.868 bits per heavy atom. The largest absolute Gasteiger partial charge is 0.595 e. The fourth-order valence-corrected chi connectivity index (χ4v) is 5.86. The van der Waals surface area contributed by atoms with Crippen LogP contribution in [0.4, 0.5) is 11.4 Å². The van der Waals surface area contributed by atoms with E-state index in [2.05, 4.69) is 0 Å². The van der Waals surface area contributed by atoms with Gasteiger partial charge in [0.2, 0.25) is 5.91 Å². The van der Waals surface area contributed by atoms with Crippen LogP contribution in [0.25, 0.3) is 28.0 Å². The lowest BCUT2D eigenvalue weighted by Gasteiger charge is -2.25. The highest BCUT2D eigenvalue weighted by Gasteiger charge is 2.34. The Morgan fingerprint density at radius 3 is 2.34 bits per heavy atom. The Kier molecular flexibility index (Phi) is 6.26. The van der Waals surface area contributed by atoms with E-state index in [4.69, 9.17) is 4.98 Å². The third-order valence-electron chi connectivity index (χ3n) is 6.48. The van der Waals surface area contributed by atoms with Crippen LogP contribution in [0.1, 0.15) is 10.9 Å². The van der Waals surface area contributed by atoms with Crippen molar-refractivity contribution >= 4 is 39.9 Å². The number of aromatic nitrogens is 2. The summed E-state index contributed by atoms with van der Waals surface area (Å²) in [5.74, 6) is 0.747. The zero-order chi connectivity index (χ0) is 26.2. The van der Waals surface area contributed by atoms with Crippen molar-refractivity contribution in [2.45, 2.75) is 5.37 Å². The molecule has 0 saturated carbocycles. The summed E-state index contributed by atoms with van der Waals surface area (Å²) in [5, 5.41) is 20.0. The number of anilines is 1. The van der Waals surface area contributed by atoms with Gasteiger partial charge < -0.3 is 5.21 Å². The highest BCUT2D eigenvalue weighted by molar-refractivity contribution is 8.00. The maximum absolute atomic E-state index is 13.6. The second-order valence-electron chi connectivity index (χ2n) is 8.83. The van der Waals surface area contributed by atoms with Crippen molar-refractivity contribution in [1.82, 2.24) is 9.55 Å². The van der Waals surface area contributed by atoms with Crippen molar-refractivity contribution in [3.63, 3.8) is 0 Å². The number of rotatable bonds is 5. The molecule has 2 unspecified atom stereocenters. The molecule has 2 heterocycles. The number of amides is 1. The quantitative estimate of drug-likeness (QED) is 0.335. The lowest BCUT2D eigenvalue weighted by Crippen LogP contribution is -2.99. The molecule has 0 bridgehead atoms. The number of nitrogens with zero attached hydrogens (tertiary/aromatic N) is 3. The number of quaternary nitrogens is 1. The first kappa shape index (κ1) is 24.1. The summed E-state index contributed by atoms with van der Waals surface area (Å²) in [6, 6.07) is 30.7. The molecule has 188 valence electrons. The van der Waals surface area contributed by atoms with Gasteiger partial charge in [-0.05, 0) is 42.0 Å². The molecule has 1 saturated heterocycles. The Hall–Kier alpha value is -4.28. The molecule has 0 radical (unpaired) electrons. The van der Waals surface area contributed by atoms with E-state index in [1.54, 1.807) is 39.8 Å². The summed E-state index contributed by atoms with van der Waals surface area (Å²) in [6.45, 7) is 0. The summed E-state index contributed by atoms with van der Waals surface area (Å²) in [6.07, 6.45) is 0. The maximum Gasteiger partial charge on any atom is 0.266 e. The first-order chi connectivity index (χ1) is 18.5. The molecule has 1 aliphatic rings. The molecule has 1 amide bonds. The molecule has 1 fully saturated rings. The van der Waals surface area contributed by atoms with Crippen LogP contribution in [0.3, 0.4) is 0 Å². The van der Waals surface area contributed by atoms with E-state index >= 15 is 0 Å². The highest BCUT2D eigenvalue weighted by atomic mass is 32.2. The van der Waals surface area contributed by atoms with Crippen molar-refractivity contribution in [3.05, 3.63) is 124 Å². The van der Waals surface area contributed by atoms with Gasteiger partial charge in [-0.15, -0.1) is 11.8 Å². The molecule has 0 aliphatic carbocycles. The molecule has 1 aliphatic heterocycles. The first-order valence-corrected chi connectivity index (χ1v) is 13.0. The van der Waals surface area contributed by atoms with Gasteiger partial charge >= 0.3 is 0 Å². The van der Waals surface area contributed by atoms with Crippen LogP contribution in [0, 0.1) is 5.21 Å². The Bertz CT molecular complexity index is 1700. The summed E-state index contributed by atoms with van der Waals surface area (Å²) < 4.78 is 1.59. The monoisotopic (exact) mass is 522 g/mol. The van der Waals surface area contributed by atoms with Gasteiger partial charge in [0.15, 0.2) is 5.69 Å². The number of carbonyl (C=O) groups is 1. The predicted molar refractivity (Wildman–Crippen MR) is 148 cm³/mol. The average Bonchev–Trinajstić information content (AvgIpc) is 3.35. The van der Waals surface area contributed by atoms with E-state index in [-0.39, 0.29) is 28.3 Å². The van der Waals surface area contributed by atoms with Crippen LogP contribution in [0.15, 0.2) is 108 Å². The third-order valence-corrected chi connectivity index (χ3v) is 7.69. The van der Waals surface area contributed by atoms with Gasteiger partial charge in [-0.1, -0.05) is 54.6 Å². The first-order valence-electron chi connectivity index (χ1n) is 12.0. The number of nitrogens with one attached hydrogen (secondary N) is 1. The fourth-order valence-electron chi connectivity index (χ4n) is 4.69. The minimum Gasteiger partial charge on any atom is -0.595 e. The van der Waals surface area contributed by atoms with E-state index in [0.29, 0.717) is 28.1 Å². The average molecular weight is 523 g/mol. The van der Waals surface area contributed by atoms with Crippen LogP contribution in [0.2, 0.25) is 0 Å². The number of hydrogen-bond donors (Lipinski definition) is 2. The summed E-state index contributed by atoms with van der Waals surface area (Å²) in [7, 11) is 0. The molecular formula is C29H22N4O4S. The standard InChI is InChI=1S/C29H22N4O4S/c34-26-18-38-29(20-9-6-10-23(17-20)33(36)37)31(26)21-13-15-22(16-14-21)32-27(19-7-2-1-3-8-19)30-25-12-5-4-11-24(25)28(32)35/h1-17,29,33,36H,18H2. The Labute approximate surface area is 221 Å². The summed E-state index contributed by atoms with van der Waals surface area (Å²) in [5.41, 5.74) is 3.45. The van der Waals surface area contributed by atoms with Crippen LogP contribution in [0.5, 0.6) is 0 Å². The van der Waals surface area contributed by atoms with Gasteiger partial charge in [-0.25, -0.2) is 10.2 Å². The number of carbonyl (C=O) groups excluding carboxylic acids is 1. The van der Waals surface area contributed by atoms with Crippen LogP contribution < -0.4 is 15.7 Å². The normalized spacial score (nSPS) is 16.2. The zero-order valence-electron chi connectivity index (χ0n) is 20.0. The fraction of sp³-hybridized carbons (Fsp3) is 0.0690. The molecule has 9 heteroatoms. The Morgan fingerprint density at radius 2 is 1.58 bits per heavy atom. The second-order valence-corrected chi connectivity index (χ2v) is 9.90. The molecule has 8 nitrogen and oxygen atoms in total. The van der Waals surface area contributed by atoms with Crippen molar-refractivity contribution in [1.29, 1.82) is 0 Å². The number of hydrogen-bond acceptors (Lipinski definition) is 6. The lowest BCUT2D eigenvalue weighted by molar-refractivity contribution is -0.991. The van der Waals surface area contributed by atoms with Crippen molar-refractivity contribution in [2.24, 2.45) is 0 Å². The van der Waals surface area contributed by atoms with Crippen molar-refractivity contribution in [2.75, 3.05) is 10.7 Å². The van der Waals surface area contributed by atoms with Crippen LogP contribution >= 0.6 is 11.8 Å². The van der Waals surface area contributed by atoms with E-state index in [0.717, 1.165) is 11.1 Å². The zero-order valence-corrected chi connectivity index (χ0v) is 20.8. The molecule has 5 aromatic rings. The predicted octanol–water partition coefficient (Wildman–Crippen LogP) is 4.23.